The van der Waals surface area contributed by atoms with Crippen LogP contribution >= 0.6 is 35.4 Å². The van der Waals surface area contributed by atoms with Gasteiger partial charge in [-0.3, -0.25) is 19.8 Å². The lowest BCUT2D eigenvalue weighted by Gasteiger charge is -2.29. The van der Waals surface area contributed by atoms with Crippen LogP contribution in [-0.4, -0.2) is 28.0 Å². The van der Waals surface area contributed by atoms with E-state index in [4.69, 9.17) is 44.9 Å². The standard InChI is InChI=1S/C22H12Cl2N2O5S/c23-15-3-1-2-4-17(15)26-20(28)14(19(27)25-22(26)32)10-12-6-8-18(31-12)11-5-7-13(21(29)30)16(24)9-11/h1-10H,(H,29,30)(H,25,27,32)/b14-10+. The first-order valence-electron chi connectivity index (χ1n) is 9.05. The number of nitrogens with one attached hydrogen (secondary N) is 1. The number of anilines is 1. The molecule has 1 aliphatic heterocycles. The number of amides is 2. The molecular weight excluding hydrogens is 475 g/mol. The van der Waals surface area contributed by atoms with Crippen LogP contribution in [0, 0.1) is 0 Å². The number of thiocarbonyl (C=S) groups is 1. The number of carbonyl (C=O) groups is 3. The highest BCUT2D eigenvalue weighted by Gasteiger charge is 2.35. The van der Waals surface area contributed by atoms with Gasteiger partial charge in [0.25, 0.3) is 11.8 Å². The Bertz CT molecular complexity index is 1330. The Morgan fingerprint density at radius 2 is 1.81 bits per heavy atom. The lowest BCUT2D eigenvalue weighted by molar-refractivity contribution is -0.122. The van der Waals surface area contributed by atoms with E-state index in [1.165, 1.54) is 18.2 Å². The zero-order valence-electron chi connectivity index (χ0n) is 16.0. The van der Waals surface area contributed by atoms with Crippen molar-refractivity contribution in [3.63, 3.8) is 0 Å². The van der Waals surface area contributed by atoms with Crippen molar-refractivity contribution < 1.29 is 23.9 Å². The minimum atomic E-state index is -1.14. The Labute approximate surface area is 196 Å². The van der Waals surface area contributed by atoms with Gasteiger partial charge in [0.05, 0.1) is 21.3 Å². The average Bonchev–Trinajstić information content (AvgIpc) is 3.21. The van der Waals surface area contributed by atoms with Gasteiger partial charge < -0.3 is 9.52 Å². The quantitative estimate of drug-likeness (QED) is 0.312. The fraction of sp³-hybridized carbons (Fsp3) is 0. The minimum absolute atomic E-state index is 0.0376. The molecule has 1 aromatic heterocycles. The molecule has 0 unspecified atom stereocenters. The summed E-state index contributed by atoms with van der Waals surface area (Å²) in [4.78, 5) is 37.8. The summed E-state index contributed by atoms with van der Waals surface area (Å²) < 4.78 is 5.72. The van der Waals surface area contributed by atoms with Crippen LogP contribution < -0.4 is 10.2 Å². The predicted octanol–water partition coefficient (Wildman–Crippen LogP) is 4.78. The van der Waals surface area contributed by atoms with Gasteiger partial charge in [0, 0.05) is 5.56 Å². The van der Waals surface area contributed by atoms with Crippen molar-refractivity contribution in [3.8, 4) is 11.3 Å². The van der Waals surface area contributed by atoms with Crippen molar-refractivity contribution in [2.45, 2.75) is 0 Å². The number of halogens is 2. The van der Waals surface area contributed by atoms with Crippen molar-refractivity contribution in [2.24, 2.45) is 0 Å². The molecule has 32 heavy (non-hydrogen) atoms. The second kappa shape index (κ2) is 8.58. The second-order valence-electron chi connectivity index (χ2n) is 6.61. The number of nitrogens with zero attached hydrogens (tertiary/aromatic N) is 1. The molecule has 2 N–H and O–H groups in total. The van der Waals surface area contributed by atoms with Crippen molar-refractivity contribution in [2.75, 3.05) is 4.90 Å². The highest BCUT2D eigenvalue weighted by atomic mass is 35.5. The molecular formula is C22H12Cl2N2O5S. The van der Waals surface area contributed by atoms with Crippen LogP contribution in [0.1, 0.15) is 16.1 Å². The van der Waals surface area contributed by atoms with Gasteiger partial charge in [-0.2, -0.15) is 0 Å². The van der Waals surface area contributed by atoms with Gasteiger partial charge in [-0.25, -0.2) is 4.79 Å². The van der Waals surface area contributed by atoms with Crippen LogP contribution in [0.3, 0.4) is 0 Å². The summed E-state index contributed by atoms with van der Waals surface area (Å²) >= 11 is 17.4. The van der Waals surface area contributed by atoms with E-state index in [0.717, 1.165) is 4.90 Å². The Morgan fingerprint density at radius 1 is 1.06 bits per heavy atom. The summed E-state index contributed by atoms with van der Waals surface area (Å²) in [6, 6.07) is 14.1. The number of carboxylic acid groups (broad SMARTS) is 1. The maximum absolute atomic E-state index is 13.1. The third-order valence-electron chi connectivity index (χ3n) is 4.59. The van der Waals surface area contributed by atoms with Crippen LogP contribution in [-0.2, 0) is 9.59 Å². The number of hydrogen-bond acceptors (Lipinski definition) is 5. The van der Waals surface area contributed by atoms with Gasteiger partial charge in [-0.1, -0.05) is 41.4 Å². The average molecular weight is 487 g/mol. The topological polar surface area (TPSA) is 99.9 Å². The summed E-state index contributed by atoms with van der Waals surface area (Å²) in [6.45, 7) is 0. The van der Waals surface area contributed by atoms with Crippen LogP contribution in [0.5, 0.6) is 0 Å². The third kappa shape index (κ3) is 4.03. The Hall–Kier alpha value is -3.46. The molecule has 0 aliphatic carbocycles. The van der Waals surface area contributed by atoms with Gasteiger partial charge in [0.2, 0.25) is 0 Å². The van der Waals surface area contributed by atoms with E-state index >= 15 is 0 Å². The van der Waals surface area contributed by atoms with Crippen molar-refractivity contribution in [1.29, 1.82) is 0 Å². The molecule has 2 aromatic carbocycles. The first-order chi connectivity index (χ1) is 15.3. The van der Waals surface area contributed by atoms with Crippen molar-refractivity contribution in [1.82, 2.24) is 5.32 Å². The summed E-state index contributed by atoms with van der Waals surface area (Å²) in [7, 11) is 0. The van der Waals surface area contributed by atoms with E-state index in [9.17, 15) is 14.4 Å². The van der Waals surface area contributed by atoms with Crippen molar-refractivity contribution in [3.05, 3.63) is 81.5 Å². The Morgan fingerprint density at radius 3 is 2.50 bits per heavy atom. The molecule has 10 heteroatoms. The van der Waals surface area contributed by atoms with Crippen LogP contribution in [0.15, 0.2) is 64.6 Å². The Balaban J connectivity index is 1.67. The number of para-hydroxylation sites is 1. The van der Waals surface area contributed by atoms with Gasteiger partial charge in [-0.15, -0.1) is 0 Å². The molecule has 2 heterocycles. The molecule has 3 aromatic rings. The Kier molecular flexibility index (Phi) is 5.84. The smallest absolute Gasteiger partial charge is 0.337 e. The van der Waals surface area contributed by atoms with E-state index in [1.54, 1.807) is 42.5 Å². The van der Waals surface area contributed by atoms with Crippen molar-refractivity contribution >= 4 is 70.1 Å². The lowest BCUT2D eigenvalue weighted by Crippen LogP contribution is -2.54. The van der Waals surface area contributed by atoms with E-state index in [1.807, 2.05) is 0 Å². The molecule has 0 saturated carbocycles. The maximum atomic E-state index is 13.1. The maximum Gasteiger partial charge on any atom is 0.337 e. The molecule has 160 valence electrons. The molecule has 0 spiro atoms. The largest absolute Gasteiger partial charge is 0.478 e. The SMILES string of the molecule is O=C1NC(=S)N(c2ccccc2Cl)C(=O)/C1=C/c1ccc(-c2ccc(C(=O)O)c(Cl)c2)o1. The number of furan rings is 1. The molecule has 7 nitrogen and oxygen atoms in total. The van der Waals surface area contributed by atoms with Gasteiger partial charge >= 0.3 is 5.97 Å². The second-order valence-corrected chi connectivity index (χ2v) is 7.81. The summed E-state index contributed by atoms with van der Waals surface area (Å²) in [5.74, 6) is -1.87. The zero-order valence-corrected chi connectivity index (χ0v) is 18.3. The first-order valence-corrected chi connectivity index (χ1v) is 10.2. The molecule has 0 radical (unpaired) electrons. The highest BCUT2D eigenvalue weighted by Crippen LogP contribution is 2.31. The van der Waals surface area contributed by atoms with Crippen LogP contribution in [0.4, 0.5) is 5.69 Å². The van der Waals surface area contributed by atoms with Gasteiger partial charge in [0.1, 0.15) is 17.1 Å². The van der Waals surface area contributed by atoms with Crippen LogP contribution in [0.2, 0.25) is 10.0 Å². The lowest BCUT2D eigenvalue weighted by atomic mass is 10.1. The van der Waals surface area contributed by atoms with Gasteiger partial charge in [0.15, 0.2) is 5.11 Å². The summed E-state index contributed by atoms with van der Waals surface area (Å²) in [5.41, 5.74) is 0.634. The van der Waals surface area contributed by atoms with E-state index < -0.39 is 17.8 Å². The number of hydrogen-bond donors (Lipinski definition) is 2. The minimum Gasteiger partial charge on any atom is -0.478 e. The number of aromatic carboxylic acids is 1. The predicted molar refractivity (Wildman–Crippen MR) is 124 cm³/mol. The third-order valence-corrected chi connectivity index (χ3v) is 5.51. The van der Waals surface area contributed by atoms with E-state index in [0.29, 0.717) is 22.0 Å². The fourth-order valence-corrected chi connectivity index (χ4v) is 3.83. The number of carbonyl (C=O) groups excluding carboxylic acids is 2. The fourth-order valence-electron chi connectivity index (χ4n) is 3.08. The molecule has 2 amide bonds. The number of rotatable bonds is 4. The monoisotopic (exact) mass is 486 g/mol. The number of carboxylic acids is 1. The summed E-state index contributed by atoms with van der Waals surface area (Å²) in [5, 5.41) is 11.8. The molecule has 1 aliphatic rings. The van der Waals surface area contributed by atoms with E-state index in [-0.39, 0.29) is 27.0 Å². The first kappa shape index (κ1) is 21.8. The molecule has 1 fully saturated rings. The highest BCUT2D eigenvalue weighted by molar-refractivity contribution is 7.80. The summed E-state index contributed by atoms with van der Waals surface area (Å²) in [6.07, 6.45) is 1.29. The molecule has 0 atom stereocenters. The normalized spacial score (nSPS) is 15.2. The van der Waals surface area contributed by atoms with Gasteiger partial charge in [-0.05, 0) is 54.7 Å². The molecule has 1 saturated heterocycles. The van der Waals surface area contributed by atoms with E-state index in [2.05, 4.69) is 5.32 Å². The molecule has 0 bridgehead atoms. The van der Waals surface area contributed by atoms with Crippen LogP contribution in [0.25, 0.3) is 17.4 Å². The number of benzene rings is 2. The zero-order chi connectivity index (χ0) is 23.0. The molecule has 4 rings (SSSR count).